The summed E-state index contributed by atoms with van der Waals surface area (Å²) in [6, 6.07) is 8.48. The van der Waals surface area contributed by atoms with Crippen LogP contribution in [0.15, 0.2) is 29.3 Å². The van der Waals surface area contributed by atoms with Gasteiger partial charge >= 0.3 is 0 Å². The number of hydrogen-bond donors (Lipinski definition) is 2. The molecule has 0 aromatic heterocycles. The predicted molar refractivity (Wildman–Crippen MR) is 127 cm³/mol. The van der Waals surface area contributed by atoms with Crippen LogP contribution < -0.4 is 10.6 Å². The number of aliphatic imine (C=N–C) groups is 1. The van der Waals surface area contributed by atoms with Gasteiger partial charge in [0.25, 0.3) is 0 Å². The third kappa shape index (κ3) is 12.8. The summed E-state index contributed by atoms with van der Waals surface area (Å²) >= 11 is 1.90. The zero-order valence-electron chi connectivity index (χ0n) is 16.9. The van der Waals surface area contributed by atoms with E-state index in [2.05, 4.69) is 68.8 Å². The van der Waals surface area contributed by atoms with Crippen molar-refractivity contribution < 1.29 is 4.74 Å². The third-order valence-corrected chi connectivity index (χ3v) is 4.19. The van der Waals surface area contributed by atoms with Gasteiger partial charge in [0.15, 0.2) is 5.96 Å². The molecule has 0 atom stereocenters. The highest BCUT2D eigenvalue weighted by Crippen LogP contribution is 2.13. The lowest BCUT2D eigenvalue weighted by atomic mass is 10.1. The average Bonchev–Trinajstić information content (AvgIpc) is 2.57. The zero-order chi connectivity index (χ0) is 18.5. The number of unbranched alkanes of at least 4 members (excludes halogenated alkanes) is 1. The summed E-state index contributed by atoms with van der Waals surface area (Å²) in [4.78, 5) is 4.70. The third-order valence-electron chi connectivity index (χ3n) is 3.49. The van der Waals surface area contributed by atoms with Crippen molar-refractivity contribution in [2.75, 3.05) is 25.1 Å². The van der Waals surface area contributed by atoms with Crippen LogP contribution in [-0.4, -0.2) is 36.7 Å². The standard InChI is InChI=1S/C20H35N3OS.HI/c1-6-21-19(22-12-7-8-13-25-5)23-15-17-10-9-11-18(14-17)16-24-20(2,3)4;/h9-11,14H,6-8,12-13,15-16H2,1-5H3,(H2,21,22,23);1H. The Labute approximate surface area is 181 Å². The average molecular weight is 493 g/mol. The van der Waals surface area contributed by atoms with Gasteiger partial charge < -0.3 is 15.4 Å². The maximum Gasteiger partial charge on any atom is 0.191 e. The van der Waals surface area contributed by atoms with Crippen LogP contribution in [0.3, 0.4) is 0 Å². The summed E-state index contributed by atoms with van der Waals surface area (Å²) in [5.41, 5.74) is 2.28. The molecule has 0 unspecified atom stereocenters. The first kappa shape index (κ1) is 25.5. The van der Waals surface area contributed by atoms with Gasteiger partial charge in [-0.25, -0.2) is 4.99 Å². The van der Waals surface area contributed by atoms with Crippen LogP contribution in [-0.2, 0) is 17.9 Å². The monoisotopic (exact) mass is 493 g/mol. The molecule has 0 saturated heterocycles. The fraction of sp³-hybridized carbons (Fsp3) is 0.650. The minimum absolute atomic E-state index is 0. The molecule has 26 heavy (non-hydrogen) atoms. The topological polar surface area (TPSA) is 45.7 Å². The molecule has 0 radical (unpaired) electrons. The van der Waals surface area contributed by atoms with E-state index in [4.69, 9.17) is 9.73 Å². The second-order valence-corrected chi connectivity index (χ2v) is 8.03. The lowest BCUT2D eigenvalue weighted by Crippen LogP contribution is -2.37. The molecule has 0 heterocycles. The Morgan fingerprint density at radius 2 is 1.88 bits per heavy atom. The first-order valence-electron chi connectivity index (χ1n) is 9.17. The normalized spacial score (nSPS) is 11.8. The number of thioether (sulfide) groups is 1. The molecule has 2 N–H and O–H groups in total. The first-order valence-corrected chi connectivity index (χ1v) is 10.6. The van der Waals surface area contributed by atoms with Crippen molar-refractivity contribution >= 4 is 41.7 Å². The fourth-order valence-electron chi connectivity index (χ4n) is 2.21. The van der Waals surface area contributed by atoms with Crippen molar-refractivity contribution in [1.29, 1.82) is 0 Å². The maximum absolute atomic E-state index is 5.86. The molecule has 1 rings (SSSR count). The molecule has 150 valence electrons. The molecule has 4 nitrogen and oxygen atoms in total. The second-order valence-electron chi connectivity index (χ2n) is 7.04. The van der Waals surface area contributed by atoms with Crippen molar-refractivity contribution in [1.82, 2.24) is 10.6 Å². The lowest BCUT2D eigenvalue weighted by Gasteiger charge is -2.19. The summed E-state index contributed by atoms with van der Waals surface area (Å²) in [5.74, 6) is 2.11. The summed E-state index contributed by atoms with van der Waals surface area (Å²) in [6.45, 7) is 11.5. The molecule has 0 aliphatic heterocycles. The summed E-state index contributed by atoms with van der Waals surface area (Å²) in [6.07, 6.45) is 4.56. The molecule has 0 amide bonds. The van der Waals surface area contributed by atoms with Gasteiger partial charge in [-0.2, -0.15) is 11.8 Å². The summed E-state index contributed by atoms with van der Waals surface area (Å²) < 4.78 is 5.86. The highest BCUT2D eigenvalue weighted by molar-refractivity contribution is 14.0. The van der Waals surface area contributed by atoms with Crippen LogP contribution in [0.4, 0.5) is 0 Å². The fourth-order valence-corrected chi connectivity index (χ4v) is 2.70. The Morgan fingerprint density at radius 3 is 2.54 bits per heavy atom. The van der Waals surface area contributed by atoms with Crippen LogP contribution in [0.2, 0.25) is 0 Å². The highest BCUT2D eigenvalue weighted by atomic mass is 127. The molecule has 0 spiro atoms. The van der Waals surface area contributed by atoms with Crippen molar-refractivity contribution in [3.8, 4) is 0 Å². The van der Waals surface area contributed by atoms with E-state index in [0.717, 1.165) is 19.0 Å². The number of nitrogens with zero attached hydrogens (tertiary/aromatic N) is 1. The van der Waals surface area contributed by atoms with Crippen molar-refractivity contribution in [3.05, 3.63) is 35.4 Å². The Balaban J connectivity index is 0.00000625. The van der Waals surface area contributed by atoms with Gasteiger partial charge in [0.05, 0.1) is 18.8 Å². The lowest BCUT2D eigenvalue weighted by molar-refractivity contribution is -0.0149. The Kier molecular flexibility index (Phi) is 14.3. The van der Waals surface area contributed by atoms with Gasteiger partial charge in [-0.15, -0.1) is 24.0 Å². The summed E-state index contributed by atoms with van der Waals surface area (Å²) in [5, 5.41) is 6.73. The maximum atomic E-state index is 5.86. The van der Waals surface area contributed by atoms with E-state index in [9.17, 15) is 0 Å². The Bertz CT molecular complexity index is 518. The van der Waals surface area contributed by atoms with E-state index in [-0.39, 0.29) is 29.6 Å². The van der Waals surface area contributed by atoms with E-state index < -0.39 is 0 Å². The molecular weight excluding hydrogens is 457 g/mol. The van der Waals surface area contributed by atoms with Gasteiger partial charge in [-0.1, -0.05) is 24.3 Å². The molecule has 0 bridgehead atoms. The van der Waals surface area contributed by atoms with Crippen LogP contribution in [0, 0.1) is 0 Å². The molecular formula is C20H36IN3OS. The van der Waals surface area contributed by atoms with E-state index in [1.165, 1.54) is 29.7 Å². The number of benzene rings is 1. The van der Waals surface area contributed by atoms with Crippen molar-refractivity contribution in [2.45, 2.75) is 59.3 Å². The van der Waals surface area contributed by atoms with E-state index in [1.807, 2.05) is 11.8 Å². The van der Waals surface area contributed by atoms with E-state index >= 15 is 0 Å². The number of ether oxygens (including phenoxy) is 1. The molecule has 0 aliphatic carbocycles. The van der Waals surface area contributed by atoms with Crippen LogP contribution >= 0.6 is 35.7 Å². The number of nitrogens with one attached hydrogen (secondary N) is 2. The number of halogens is 1. The molecule has 1 aromatic rings. The summed E-state index contributed by atoms with van der Waals surface area (Å²) in [7, 11) is 0. The molecule has 1 aromatic carbocycles. The highest BCUT2D eigenvalue weighted by Gasteiger charge is 2.10. The largest absolute Gasteiger partial charge is 0.371 e. The van der Waals surface area contributed by atoms with Crippen LogP contribution in [0.25, 0.3) is 0 Å². The molecule has 0 fully saturated rings. The Hall–Kier alpha value is -0.470. The minimum Gasteiger partial charge on any atom is -0.371 e. The van der Waals surface area contributed by atoms with Crippen molar-refractivity contribution in [2.24, 2.45) is 4.99 Å². The Morgan fingerprint density at radius 1 is 1.15 bits per heavy atom. The van der Waals surface area contributed by atoms with Crippen molar-refractivity contribution in [3.63, 3.8) is 0 Å². The van der Waals surface area contributed by atoms with Gasteiger partial charge in [-0.05, 0) is 63.7 Å². The molecule has 6 heteroatoms. The zero-order valence-corrected chi connectivity index (χ0v) is 20.1. The number of hydrogen-bond acceptors (Lipinski definition) is 3. The number of guanidine groups is 1. The SMILES string of the molecule is CCNC(=NCc1cccc(COC(C)(C)C)c1)NCCCCSC.I. The van der Waals surface area contributed by atoms with Gasteiger partial charge in [0.1, 0.15) is 0 Å². The quantitative estimate of drug-likeness (QED) is 0.212. The minimum atomic E-state index is -0.118. The smallest absolute Gasteiger partial charge is 0.191 e. The molecule has 0 saturated carbocycles. The van der Waals surface area contributed by atoms with Crippen LogP contribution in [0.1, 0.15) is 51.7 Å². The number of rotatable bonds is 10. The van der Waals surface area contributed by atoms with E-state index in [1.54, 1.807) is 0 Å². The van der Waals surface area contributed by atoms with Gasteiger partial charge in [0, 0.05) is 13.1 Å². The second kappa shape index (κ2) is 14.6. The van der Waals surface area contributed by atoms with Gasteiger partial charge in [0.2, 0.25) is 0 Å². The van der Waals surface area contributed by atoms with E-state index in [0.29, 0.717) is 13.2 Å². The van der Waals surface area contributed by atoms with Crippen LogP contribution in [0.5, 0.6) is 0 Å². The first-order chi connectivity index (χ1) is 11.9. The van der Waals surface area contributed by atoms with Gasteiger partial charge in [-0.3, -0.25) is 0 Å². The molecule has 0 aliphatic rings. The predicted octanol–water partition coefficient (Wildman–Crippen LogP) is 4.82.